The highest BCUT2D eigenvalue weighted by Crippen LogP contribution is 2.30. The summed E-state index contributed by atoms with van der Waals surface area (Å²) >= 11 is 12.5. The van der Waals surface area contributed by atoms with Gasteiger partial charge in [-0.3, -0.25) is 4.79 Å². The molecule has 2 aliphatic heterocycles. The van der Waals surface area contributed by atoms with E-state index in [1.54, 1.807) is 18.7 Å². The number of likely N-dealkylation sites (tertiary alicyclic amines) is 1. The van der Waals surface area contributed by atoms with E-state index >= 15 is 0 Å². The van der Waals surface area contributed by atoms with Crippen molar-refractivity contribution in [1.82, 2.24) is 13.5 Å². The summed E-state index contributed by atoms with van der Waals surface area (Å²) in [5.41, 5.74) is 0.202. The van der Waals surface area contributed by atoms with Gasteiger partial charge in [-0.2, -0.15) is 8.61 Å². The lowest BCUT2D eigenvalue weighted by Gasteiger charge is -2.35. The molecule has 0 saturated carbocycles. The minimum Gasteiger partial charge on any atom is -0.460 e. The normalized spacial score (nSPS) is 18.4. The first-order chi connectivity index (χ1) is 19.9. The number of amides is 1. The number of piperidine rings is 1. The van der Waals surface area contributed by atoms with Crippen molar-refractivity contribution in [2.24, 2.45) is 0 Å². The number of sulfonamides is 2. The molecule has 2 aliphatic rings. The number of hydrogen-bond donors (Lipinski definition) is 0. The highest BCUT2D eigenvalue weighted by atomic mass is 35.5. The molecule has 14 heteroatoms. The molecule has 0 spiro atoms. The minimum absolute atomic E-state index is 0.0212. The Labute approximate surface area is 257 Å². The zero-order valence-corrected chi connectivity index (χ0v) is 26.7. The molecule has 2 saturated heterocycles. The fourth-order valence-corrected chi connectivity index (χ4v) is 9.27. The molecular formula is C28H35Cl2N3O7S2. The van der Waals surface area contributed by atoms with E-state index < -0.39 is 38.0 Å². The van der Waals surface area contributed by atoms with Gasteiger partial charge in [0.25, 0.3) is 5.91 Å². The van der Waals surface area contributed by atoms with Crippen LogP contribution in [0.1, 0.15) is 66.7 Å². The largest absolute Gasteiger partial charge is 0.460 e. The molecule has 2 heterocycles. The molecule has 1 amide bonds. The molecule has 0 radical (unpaired) electrons. The fourth-order valence-electron chi connectivity index (χ4n) is 5.29. The fraction of sp³-hybridized carbons (Fsp3) is 0.500. The smallest absolute Gasteiger partial charge is 0.338 e. The van der Waals surface area contributed by atoms with E-state index in [4.69, 9.17) is 27.9 Å². The average molecular weight is 661 g/mol. The second-order valence-electron chi connectivity index (χ2n) is 10.2. The van der Waals surface area contributed by atoms with Gasteiger partial charge in [-0.15, -0.1) is 0 Å². The molecule has 1 atom stereocenters. The predicted molar refractivity (Wildman–Crippen MR) is 160 cm³/mol. The molecule has 42 heavy (non-hydrogen) atoms. The maximum Gasteiger partial charge on any atom is 0.338 e. The van der Waals surface area contributed by atoms with E-state index in [1.807, 2.05) is 0 Å². The van der Waals surface area contributed by atoms with E-state index in [-0.39, 0.29) is 50.7 Å². The van der Waals surface area contributed by atoms with Crippen molar-refractivity contribution in [2.45, 2.75) is 61.8 Å². The number of benzene rings is 2. The van der Waals surface area contributed by atoms with Gasteiger partial charge < -0.3 is 9.64 Å². The Kier molecular flexibility index (Phi) is 10.6. The Morgan fingerprint density at radius 1 is 0.857 bits per heavy atom. The molecule has 230 valence electrons. The maximum atomic E-state index is 13.6. The van der Waals surface area contributed by atoms with Crippen LogP contribution in [0.4, 0.5) is 0 Å². The van der Waals surface area contributed by atoms with Gasteiger partial charge in [0, 0.05) is 38.3 Å². The summed E-state index contributed by atoms with van der Waals surface area (Å²) in [5, 5.41) is 0.0458. The van der Waals surface area contributed by atoms with Gasteiger partial charge in [-0.25, -0.2) is 21.6 Å². The van der Waals surface area contributed by atoms with Gasteiger partial charge >= 0.3 is 5.97 Å². The summed E-state index contributed by atoms with van der Waals surface area (Å²) in [6.45, 7) is 5.05. The number of halogens is 2. The summed E-state index contributed by atoms with van der Waals surface area (Å²) in [7, 11) is -7.75. The Bertz CT molecular complexity index is 1540. The van der Waals surface area contributed by atoms with Crippen LogP contribution in [0.25, 0.3) is 0 Å². The van der Waals surface area contributed by atoms with Gasteiger partial charge in [0.05, 0.1) is 21.7 Å². The number of carbonyl (C=O) groups excluding carboxylic acids is 2. The van der Waals surface area contributed by atoms with E-state index in [2.05, 4.69) is 0 Å². The van der Waals surface area contributed by atoms with Crippen molar-refractivity contribution in [1.29, 1.82) is 0 Å². The Morgan fingerprint density at radius 3 is 2.07 bits per heavy atom. The summed E-state index contributed by atoms with van der Waals surface area (Å²) < 4.78 is 60.6. The second-order valence-corrected chi connectivity index (χ2v) is 14.9. The van der Waals surface area contributed by atoms with Crippen LogP contribution in [-0.4, -0.2) is 87.6 Å². The first-order valence-electron chi connectivity index (χ1n) is 14.0. The Balaban J connectivity index is 1.51. The van der Waals surface area contributed by atoms with Crippen LogP contribution in [0, 0.1) is 0 Å². The molecule has 0 aromatic heterocycles. The van der Waals surface area contributed by atoms with Crippen molar-refractivity contribution in [2.75, 3.05) is 39.3 Å². The second kappa shape index (κ2) is 13.6. The van der Waals surface area contributed by atoms with E-state index in [1.165, 1.54) is 45.0 Å². The molecule has 0 aliphatic carbocycles. The molecule has 0 bridgehead atoms. The van der Waals surface area contributed by atoms with Crippen LogP contribution >= 0.6 is 23.2 Å². The lowest BCUT2D eigenvalue weighted by Crippen LogP contribution is -2.46. The zero-order valence-electron chi connectivity index (χ0n) is 23.6. The summed E-state index contributed by atoms with van der Waals surface area (Å²) in [5.74, 6) is -1.13. The first kappa shape index (κ1) is 32.7. The molecule has 2 aromatic carbocycles. The summed E-state index contributed by atoms with van der Waals surface area (Å²) in [6, 6.07) is 7.73. The third kappa shape index (κ3) is 6.79. The van der Waals surface area contributed by atoms with Crippen molar-refractivity contribution in [3.63, 3.8) is 0 Å². The third-order valence-corrected chi connectivity index (χ3v) is 12.6. The Hall–Kier alpha value is -2.22. The van der Waals surface area contributed by atoms with Gasteiger partial charge in [-0.05, 0) is 68.5 Å². The topological polar surface area (TPSA) is 121 Å². The molecule has 4 rings (SSSR count). The van der Waals surface area contributed by atoms with Gasteiger partial charge in [0.2, 0.25) is 20.0 Å². The molecule has 2 fully saturated rings. The van der Waals surface area contributed by atoms with Crippen LogP contribution in [-0.2, 0) is 24.8 Å². The van der Waals surface area contributed by atoms with Crippen LogP contribution < -0.4 is 0 Å². The van der Waals surface area contributed by atoms with Gasteiger partial charge in [-0.1, -0.05) is 37.0 Å². The lowest BCUT2D eigenvalue weighted by atomic mass is 10.0. The van der Waals surface area contributed by atoms with Crippen molar-refractivity contribution in [3.05, 3.63) is 57.6 Å². The van der Waals surface area contributed by atoms with Gasteiger partial charge in [0.1, 0.15) is 16.4 Å². The average Bonchev–Trinajstić information content (AvgIpc) is 3.53. The zero-order chi connectivity index (χ0) is 30.7. The van der Waals surface area contributed by atoms with Crippen LogP contribution in [0.3, 0.4) is 0 Å². The van der Waals surface area contributed by atoms with Crippen LogP contribution in [0.2, 0.25) is 10.0 Å². The molecule has 10 nitrogen and oxygen atoms in total. The number of esters is 1. The van der Waals surface area contributed by atoms with E-state index in [0.29, 0.717) is 26.1 Å². The minimum atomic E-state index is -3.90. The van der Waals surface area contributed by atoms with Crippen LogP contribution in [0.5, 0.6) is 0 Å². The highest BCUT2D eigenvalue weighted by Gasteiger charge is 2.33. The SMILES string of the molecule is CCN(CC)S(=O)(=O)c1cc(C(=O)N2CCCCC2COC(=O)c2ccc(Cl)c(S(=O)(=O)N3CCCC3)c2)ccc1Cl. The van der Waals surface area contributed by atoms with Crippen LogP contribution in [0.15, 0.2) is 46.2 Å². The number of ether oxygens (including phenoxy) is 1. The standard InChI is InChI=1S/C28H35Cl2N3O7S2/c1-3-31(4-2)41(36,37)25-17-20(10-12-23(25)29)27(34)33-16-6-5-9-22(33)19-40-28(35)21-11-13-24(30)26(18-21)42(38,39)32-14-7-8-15-32/h10-13,17-18,22H,3-9,14-16,19H2,1-2H3. The maximum absolute atomic E-state index is 13.6. The summed E-state index contributed by atoms with van der Waals surface area (Å²) in [4.78, 5) is 27.9. The van der Waals surface area contributed by atoms with Crippen molar-refractivity contribution >= 4 is 55.1 Å². The quantitative estimate of drug-likeness (QED) is 0.340. The number of nitrogens with zero attached hydrogens (tertiary/aromatic N) is 3. The molecule has 0 N–H and O–H groups in total. The Morgan fingerprint density at radius 2 is 1.43 bits per heavy atom. The molecule has 2 aromatic rings. The van der Waals surface area contributed by atoms with E-state index in [9.17, 15) is 26.4 Å². The van der Waals surface area contributed by atoms with Crippen molar-refractivity contribution < 1.29 is 31.2 Å². The number of hydrogen-bond acceptors (Lipinski definition) is 7. The molecular weight excluding hydrogens is 625 g/mol. The number of carbonyl (C=O) groups is 2. The third-order valence-electron chi connectivity index (χ3n) is 7.65. The summed E-state index contributed by atoms with van der Waals surface area (Å²) in [6.07, 6.45) is 3.65. The highest BCUT2D eigenvalue weighted by molar-refractivity contribution is 7.89. The van der Waals surface area contributed by atoms with Gasteiger partial charge in [0.15, 0.2) is 0 Å². The molecule has 1 unspecified atom stereocenters. The lowest BCUT2D eigenvalue weighted by molar-refractivity contribution is 0.0251. The number of rotatable bonds is 10. The monoisotopic (exact) mass is 659 g/mol. The van der Waals surface area contributed by atoms with E-state index in [0.717, 1.165) is 25.7 Å². The predicted octanol–water partition coefficient (Wildman–Crippen LogP) is 4.66. The van der Waals surface area contributed by atoms with Crippen molar-refractivity contribution in [3.8, 4) is 0 Å². The first-order valence-corrected chi connectivity index (χ1v) is 17.6.